The molecule has 0 aliphatic rings. The molecule has 11 rings (SSSR count). The van der Waals surface area contributed by atoms with E-state index in [4.69, 9.17) is 0 Å². The first kappa shape index (κ1) is 32.9. The molecule has 0 N–H and O–H groups in total. The lowest BCUT2D eigenvalue weighted by Gasteiger charge is -2.26. The number of hydrogen-bond acceptors (Lipinski definition) is 1. The number of hydrogen-bond donors (Lipinski definition) is 0. The van der Waals surface area contributed by atoms with Gasteiger partial charge in [-0.05, 0) is 124 Å². The maximum Gasteiger partial charge on any atom is 0.0462 e. The van der Waals surface area contributed by atoms with Crippen LogP contribution in [0.2, 0.25) is 0 Å². The standard InChI is InChI=1S/C56H37N/c1-3-20-40(21-4-1)57(41-22-5-2-6-23-41)42-36-34-39(35-37-42)53-45-25-9-13-29-49(45)55(50-30-14-10-26-46(50)53)56-51-31-15-11-27-47(51)54(48-28-12-16-32-52(48)56)44-33-17-19-38-18-7-8-24-43(38)44/h1-37H. The minimum atomic E-state index is 1.12. The van der Waals surface area contributed by atoms with Gasteiger partial charge >= 0.3 is 0 Å². The maximum absolute atomic E-state index is 2.33. The van der Waals surface area contributed by atoms with Crippen LogP contribution in [0.4, 0.5) is 17.1 Å². The Balaban J connectivity index is 1.17. The summed E-state index contributed by atoms with van der Waals surface area (Å²) in [5, 5.41) is 12.5. The molecule has 1 nitrogen and oxygen atoms in total. The fourth-order valence-electron chi connectivity index (χ4n) is 9.22. The van der Waals surface area contributed by atoms with E-state index in [1.54, 1.807) is 0 Å². The van der Waals surface area contributed by atoms with Gasteiger partial charge in [0.15, 0.2) is 0 Å². The molecule has 0 fully saturated rings. The van der Waals surface area contributed by atoms with Crippen LogP contribution < -0.4 is 4.90 Å². The highest BCUT2D eigenvalue weighted by Gasteiger charge is 2.23. The average molecular weight is 724 g/mol. The van der Waals surface area contributed by atoms with Gasteiger partial charge in [-0.15, -0.1) is 0 Å². The van der Waals surface area contributed by atoms with E-state index in [0.29, 0.717) is 0 Å². The van der Waals surface area contributed by atoms with Crippen molar-refractivity contribution >= 4 is 70.9 Å². The summed E-state index contributed by atoms with van der Waals surface area (Å²) in [6, 6.07) is 81.9. The van der Waals surface area contributed by atoms with E-state index in [2.05, 4.69) is 229 Å². The van der Waals surface area contributed by atoms with Crippen molar-refractivity contribution in [1.82, 2.24) is 0 Å². The third-order valence-electron chi connectivity index (χ3n) is 11.6. The molecule has 11 aromatic rings. The van der Waals surface area contributed by atoms with Crippen molar-refractivity contribution in [3.8, 4) is 33.4 Å². The van der Waals surface area contributed by atoms with Gasteiger partial charge in [-0.25, -0.2) is 0 Å². The lowest BCUT2D eigenvalue weighted by Crippen LogP contribution is -2.09. The van der Waals surface area contributed by atoms with Gasteiger partial charge in [0.05, 0.1) is 0 Å². The second kappa shape index (κ2) is 13.7. The molecule has 0 atom stereocenters. The molecular weight excluding hydrogens is 687 g/mol. The second-order valence-electron chi connectivity index (χ2n) is 14.8. The van der Waals surface area contributed by atoms with E-state index in [1.165, 1.54) is 87.2 Å². The Morgan fingerprint density at radius 2 is 0.544 bits per heavy atom. The number of anilines is 3. The summed E-state index contributed by atoms with van der Waals surface area (Å²) in [6.45, 7) is 0. The molecule has 0 heterocycles. The predicted octanol–water partition coefficient (Wildman–Crippen LogP) is 15.9. The fraction of sp³-hybridized carbons (Fsp3) is 0. The predicted molar refractivity (Wildman–Crippen MR) is 245 cm³/mol. The van der Waals surface area contributed by atoms with Crippen LogP contribution in [0.1, 0.15) is 0 Å². The van der Waals surface area contributed by atoms with E-state index in [1.807, 2.05) is 0 Å². The normalized spacial score (nSPS) is 11.5. The molecule has 0 saturated heterocycles. The molecule has 0 radical (unpaired) electrons. The van der Waals surface area contributed by atoms with Gasteiger partial charge < -0.3 is 4.90 Å². The highest BCUT2D eigenvalue weighted by atomic mass is 15.1. The fourth-order valence-corrected chi connectivity index (χ4v) is 9.22. The lowest BCUT2D eigenvalue weighted by atomic mass is 9.80. The molecular formula is C56H37N. The highest BCUT2D eigenvalue weighted by Crippen LogP contribution is 2.50. The van der Waals surface area contributed by atoms with Crippen molar-refractivity contribution in [1.29, 1.82) is 0 Å². The summed E-state index contributed by atoms with van der Waals surface area (Å²) in [5.41, 5.74) is 10.9. The first-order chi connectivity index (χ1) is 28.3. The SMILES string of the molecule is c1ccc(N(c2ccccc2)c2ccc(-c3c4ccccc4c(-c4c5ccccc5c(-c5cccc6ccccc56)c5ccccc45)c4ccccc34)cc2)cc1. The Morgan fingerprint density at radius 3 is 1.00 bits per heavy atom. The highest BCUT2D eigenvalue weighted by molar-refractivity contribution is 6.30. The molecule has 1 heteroatoms. The van der Waals surface area contributed by atoms with Crippen LogP contribution in [0.5, 0.6) is 0 Å². The molecule has 0 bridgehead atoms. The molecule has 57 heavy (non-hydrogen) atoms. The minimum Gasteiger partial charge on any atom is -0.311 e. The monoisotopic (exact) mass is 723 g/mol. The third kappa shape index (κ3) is 5.39. The summed E-state index contributed by atoms with van der Waals surface area (Å²) < 4.78 is 0. The molecule has 0 spiro atoms. The van der Waals surface area contributed by atoms with E-state index < -0.39 is 0 Å². The minimum absolute atomic E-state index is 1.12. The van der Waals surface area contributed by atoms with Crippen LogP contribution in [0.25, 0.3) is 87.2 Å². The van der Waals surface area contributed by atoms with Crippen LogP contribution in [-0.2, 0) is 0 Å². The van der Waals surface area contributed by atoms with Crippen molar-refractivity contribution in [3.63, 3.8) is 0 Å². The van der Waals surface area contributed by atoms with Crippen LogP contribution in [0.3, 0.4) is 0 Å². The van der Waals surface area contributed by atoms with E-state index in [9.17, 15) is 0 Å². The Bertz CT molecular complexity index is 3110. The number of para-hydroxylation sites is 2. The topological polar surface area (TPSA) is 3.24 Å². The Hall–Kier alpha value is -7.48. The smallest absolute Gasteiger partial charge is 0.0462 e. The Kier molecular flexibility index (Phi) is 7.89. The Morgan fingerprint density at radius 1 is 0.211 bits per heavy atom. The first-order valence-corrected chi connectivity index (χ1v) is 19.7. The van der Waals surface area contributed by atoms with Crippen LogP contribution in [0, 0.1) is 0 Å². The molecule has 0 amide bonds. The molecule has 11 aromatic carbocycles. The summed E-state index contributed by atoms with van der Waals surface area (Å²) in [4.78, 5) is 2.32. The van der Waals surface area contributed by atoms with Crippen molar-refractivity contribution in [3.05, 3.63) is 224 Å². The second-order valence-corrected chi connectivity index (χ2v) is 14.8. The zero-order chi connectivity index (χ0) is 37.7. The molecule has 0 aliphatic carbocycles. The van der Waals surface area contributed by atoms with Crippen LogP contribution in [0.15, 0.2) is 224 Å². The third-order valence-corrected chi connectivity index (χ3v) is 11.6. The van der Waals surface area contributed by atoms with E-state index in [-0.39, 0.29) is 0 Å². The van der Waals surface area contributed by atoms with Gasteiger partial charge in [0.2, 0.25) is 0 Å². The number of benzene rings is 11. The number of fused-ring (bicyclic) bond motifs is 5. The van der Waals surface area contributed by atoms with Gasteiger partial charge in [0, 0.05) is 17.1 Å². The largest absolute Gasteiger partial charge is 0.311 e. The number of rotatable bonds is 6. The summed E-state index contributed by atoms with van der Waals surface area (Å²) >= 11 is 0. The van der Waals surface area contributed by atoms with Crippen molar-refractivity contribution < 1.29 is 0 Å². The zero-order valence-electron chi connectivity index (χ0n) is 31.3. The molecule has 0 aromatic heterocycles. The van der Waals surface area contributed by atoms with E-state index >= 15 is 0 Å². The van der Waals surface area contributed by atoms with Crippen molar-refractivity contribution in [2.24, 2.45) is 0 Å². The zero-order valence-corrected chi connectivity index (χ0v) is 31.3. The van der Waals surface area contributed by atoms with Gasteiger partial charge in [0.1, 0.15) is 0 Å². The molecule has 0 saturated carbocycles. The quantitative estimate of drug-likeness (QED) is 0.154. The van der Waals surface area contributed by atoms with Crippen molar-refractivity contribution in [2.75, 3.05) is 4.90 Å². The summed E-state index contributed by atoms with van der Waals surface area (Å²) in [6.07, 6.45) is 0. The van der Waals surface area contributed by atoms with Gasteiger partial charge in [-0.2, -0.15) is 0 Å². The van der Waals surface area contributed by atoms with Gasteiger partial charge in [-0.3, -0.25) is 0 Å². The lowest BCUT2D eigenvalue weighted by molar-refractivity contribution is 1.28. The maximum atomic E-state index is 2.33. The van der Waals surface area contributed by atoms with E-state index in [0.717, 1.165) is 17.1 Å². The summed E-state index contributed by atoms with van der Waals surface area (Å²) in [5.74, 6) is 0. The van der Waals surface area contributed by atoms with Gasteiger partial charge in [-0.1, -0.05) is 188 Å². The average Bonchev–Trinajstić information content (AvgIpc) is 3.29. The van der Waals surface area contributed by atoms with Gasteiger partial charge in [0.25, 0.3) is 0 Å². The first-order valence-electron chi connectivity index (χ1n) is 19.7. The van der Waals surface area contributed by atoms with Crippen LogP contribution >= 0.6 is 0 Å². The molecule has 266 valence electrons. The van der Waals surface area contributed by atoms with Crippen molar-refractivity contribution in [2.45, 2.75) is 0 Å². The van der Waals surface area contributed by atoms with Crippen LogP contribution in [-0.4, -0.2) is 0 Å². The Labute approximate surface area is 332 Å². The molecule has 0 unspecified atom stereocenters. The number of nitrogens with zero attached hydrogens (tertiary/aromatic N) is 1. The molecule has 0 aliphatic heterocycles. The summed E-state index contributed by atoms with van der Waals surface area (Å²) in [7, 11) is 0.